The first-order valence-electron chi connectivity index (χ1n) is 5.42. The van der Waals surface area contributed by atoms with E-state index in [1.807, 2.05) is 18.3 Å². The molecule has 4 heteroatoms. The Labute approximate surface area is 105 Å². The molecule has 0 aliphatic carbocycles. The van der Waals surface area contributed by atoms with E-state index >= 15 is 0 Å². The number of nitrogens with zero attached hydrogens (tertiary/aromatic N) is 2. The third-order valence-corrected chi connectivity index (χ3v) is 2.90. The Morgan fingerprint density at radius 3 is 2.65 bits per heavy atom. The van der Waals surface area contributed by atoms with Gasteiger partial charge in [-0.25, -0.2) is 4.68 Å². The van der Waals surface area contributed by atoms with Crippen molar-refractivity contribution in [2.45, 2.75) is 19.8 Å². The van der Waals surface area contributed by atoms with Crippen molar-refractivity contribution in [1.82, 2.24) is 9.78 Å². The zero-order chi connectivity index (χ0) is 12.4. The normalized spacial score (nSPS) is 10.8. The number of benzene rings is 1. The fourth-order valence-corrected chi connectivity index (χ4v) is 1.76. The Bertz CT molecular complexity index is 546. The van der Waals surface area contributed by atoms with E-state index in [1.165, 1.54) is 0 Å². The molecule has 88 valence electrons. The molecule has 17 heavy (non-hydrogen) atoms. The maximum atomic E-state index is 10.7. The molecule has 0 aliphatic heterocycles. The summed E-state index contributed by atoms with van der Waals surface area (Å²) in [5, 5.41) is 4.89. The maximum Gasteiger partial charge on any atom is 0.151 e. The number of aromatic nitrogens is 2. The van der Waals surface area contributed by atoms with E-state index in [0.29, 0.717) is 16.5 Å². The summed E-state index contributed by atoms with van der Waals surface area (Å²) in [6.07, 6.45) is 2.64. The van der Waals surface area contributed by atoms with Crippen LogP contribution in [0, 0.1) is 0 Å². The van der Waals surface area contributed by atoms with Gasteiger partial charge in [0.05, 0.1) is 16.4 Å². The summed E-state index contributed by atoms with van der Waals surface area (Å²) in [6.45, 7) is 4.18. The van der Waals surface area contributed by atoms with Crippen molar-refractivity contribution in [3.8, 4) is 5.69 Å². The van der Waals surface area contributed by atoms with Crippen LogP contribution in [0.5, 0.6) is 0 Å². The average Bonchev–Trinajstić information content (AvgIpc) is 2.78. The predicted octanol–water partition coefficient (Wildman–Crippen LogP) is 3.46. The van der Waals surface area contributed by atoms with Crippen LogP contribution in [0.4, 0.5) is 0 Å². The first-order valence-corrected chi connectivity index (χ1v) is 5.80. The number of halogens is 1. The van der Waals surface area contributed by atoms with Crippen LogP contribution in [0.15, 0.2) is 30.5 Å². The molecule has 0 fully saturated rings. The van der Waals surface area contributed by atoms with Crippen LogP contribution in [0.25, 0.3) is 5.69 Å². The molecule has 0 bridgehead atoms. The highest BCUT2D eigenvalue weighted by Crippen LogP contribution is 2.20. The largest absolute Gasteiger partial charge is 0.298 e. The molecule has 0 radical (unpaired) electrons. The van der Waals surface area contributed by atoms with Crippen LogP contribution in [0.2, 0.25) is 5.02 Å². The standard InChI is InChI=1S/C13H13ClN2O/c1-9(2)13-5-6-16(15-13)11-4-3-10(8-17)12(14)7-11/h3-9H,1-2H3. The third kappa shape index (κ3) is 2.39. The van der Waals surface area contributed by atoms with Crippen LogP contribution in [-0.4, -0.2) is 16.1 Å². The van der Waals surface area contributed by atoms with E-state index in [-0.39, 0.29) is 0 Å². The summed E-state index contributed by atoms with van der Waals surface area (Å²) in [5.74, 6) is 0.390. The number of hydrogen-bond donors (Lipinski definition) is 0. The van der Waals surface area contributed by atoms with Crippen molar-refractivity contribution in [1.29, 1.82) is 0 Å². The number of carbonyl (C=O) groups is 1. The summed E-state index contributed by atoms with van der Waals surface area (Å²) >= 11 is 5.98. The fourth-order valence-electron chi connectivity index (χ4n) is 1.54. The van der Waals surface area contributed by atoms with Gasteiger partial charge in [-0.3, -0.25) is 4.79 Å². The smallest absolute Gasteiger partial charge is 0.151 e. The van der Waals surface area contributed by atoms with Gasteiger partial charge < -0.3 is 0 Å². The second-order valence-electron chi connectivity index (χ2n) is 4.16. The quantitative estimate of drug-likeness (QED) is 0.780. The SMILES string of the molecule is CC(C)c1ccn(-c2ccc(C=O)c(Cl)c2)n1. The van der Waals surface area contributed by atoms with Crippen LogP contribution in [0.1, 0.15) is 35.8 Å². The van der Waals surface area contributed by atoms with Gasteiger partial charge in [-0.05, 0) is 30.2 Å². The molecule has 0 amide bonds. The molecule has 2 rings (SSSR count). The maximum absolute atomic E-state index is 10.7. The van der Waals surface area contributed by atoms with Gasteiger partial charge in [0.1, 0.15) is 0 Å². The number of hydrogen-bond acceptors (Lipinski definition) is 2. The molecular formula is C13H13ClN2O. The number of carbonyl (C=O) groups excluding carboxylic acids is 1. The van der Waals surface area contributed by atoms with E-state index in [2.05, 4.69) is 18.9 Å². The molecule has 0 aliphatic rings. The second-order valence-corrected chi connectivity index (χ2v) is 4.57. The van der Waals surface area contributed by atoms with Gasteiger partial charge in [0.2, 0.25) is 0 Å². The molecule has 3 nitrogen and oxygen atoms in total. The molecule has 1 aromatic carbocycles. The highest BCUT2D eigenvalue weighted by molar-refractivity contribution is 6.33. The van der Waals surface area contributed by atoms with Crippen molar-refractivity contribution in [2.24, 2.45) is 0 Å². The summed E-state index contributed by atoms with van der Waals surface area (Å²) in [4.78, 5) is 10.7. The van der Waals surface area contributed by atoms with Gasteiger partial charge in [-0.2, -0.15) is 5.10 Å². The van der Waals surface area contributed by atoms with Crippen LogP contribution < -0.4 is 0 Å². The predicted molar refractivity (Wildman–Crippen MR) is 68.1 cm³/mol. The van der Waals surface area contributed by atoms with Crippen molar-refractivity contribution in [3.05, 3.63) is 46.7 Å². The fraction of sp³-hybridized carbons (Fsp3) is 0.231. The third-order valence-electron chi connectivity index (χ3n) is 2.58. The van der Waals surface area contributed by atoms with Gasteiger partial charge in [-0.1, -0.05) is 25.4 Å². The zero-order valence-electron chi connectivity index (χ0n) is 9.72. The molecule has 0 N–H and O–H groups in total. The van der Waals surface area contributed by atoms with Gasteiger partial charge in [0, 0.05) is 11.8 Å². The van der Waals surface area contributed by atoms with Gasteiger partial charge in [0.25, 0.3) is 0 Å². The molecule has 0 saturated carbocycles. The number of aldehydes is 1. The Balaban J connectivity index is 2.39. The zero-order valence-corrected chi connectivity index (χ0v) is 10.5. The van der Waals surface area contributed by atoms with Crippen LogP contribution in [0.3, 0.4) is 0 Å². The van der Waals surface area contributed by atoms with Crippen molar-refractivity contribution in [2.75, 3.05) is 0 Å². The van der Waals surface area contributed by atoms with E-state index in [1.54, 1.807) is 16.8 Å². The Hall–Kier alpha value is -1.61. The Morgan fingerprint density at radius 1 is 1.35 bits per heavy atom. The molecule has 0 atom stereocenters. The van der Waals surface area contributed by atoms with Crippen molar-refractivity contribution in [3.63, 3.8) is 0 Å². The lowest BCUT2D eigenvalue weighted by atomic mass is 10.1. The van der Waals surface area contributed by atoms with Crippen molar-refractivity contribution < 1.29 is 4.79 Å². The molecule has 1 aromatic heterocycles. The lowest BCUT2D eigenvalue weighted by Crippen LogP contribution is -1.98. The van der Waals surface area contributed by atoms with Crippen LogP contribution >= 0.6 is 11.6 Å². The average molecular weight is 249 g/mol. The summed E-state index contributed by atoms with van der Waals surface area (Å²) in [5.41, 5.74) is 2.37. The first-order chi connectivity index (χ1) is 8.11. The van der Waals surface area contributed by atoms with Gasteiger partial charge in [0.15, 0.2) is 6.29 Å². The first kappa shape index (κ1) is 11.9. The molecular weight excluding hydrogens is 236 g/mol. The van der Waals surface area contributed by atoms with E-state index in [9.17, 15) is 4.79 Å². The number of rotatable bonds is 3. The Kier molecular flexibility index (Phi) is 3.29. The summed E-state index contributed by atoms with van der Waals surface area (Å²) in [6, 6.07) is 7.24. The van der Waals surface area contributed by atoms with E-state index in [4.69, 9.17) is 11.6 Å². The van der Waals surface area contributed by atoms with Gasteiger partial charge >= 0.3 is 0 Å². The van der Waals surface area contributed by atoms with Crippen LogP contribution in [-0.2, 0) is 0 Å². The highest BCUT2D eigenvalue weighted by Gasteiger charge is 2.06. The summed E-state index contributed by atoms with van der Waals surface area (Å²) < 4.78 is 1.76. The minimum absolute atomic E-state index is 0.390. The topological polar surface area (TPSA) is 34.9 Å². The molecule has 2 aromatic rings. The minimum atomic E-state index is 0.390. The monoisotopic (exact) mass is 248 g/mol. The van der Waals surface area contributed by atoms with Gasteiger partial charge in [-0.15, -0.1) is 0 Å². The van der Waals surface area contributed by atoms with E-state index in [0.717, 1.165) is 17.7 Å². The Morgan fingerprint density at radius 2 is 2.12 bits per heavy atom. The molecule has 0 spiro atoms. The summed E-state index contributed by atoms with van der Waals surface area (Å²) in [7, 11) is 0. The lowest BCUT2D eigenvalue weighted by molar-refractivity contribution is 0.112. The lowest BCUT2D eigenvalue weighted by Gasteiger charge is -2.04. The highest BCUT2D eigenvalue weighted by atomic mass is 35.5. The molecule has 1 heterocycles. The second kappa shape index (κ2) is 4.72. The van der Waals surface area contributed by atoms with E-state index < -0.39 is 0 Å². The van der Waals surface area contributed by atoms with Crippen molar-refractivity contribution >= 4 is 17.9 Å². The molecule has 0 saturated heterocycles. The minimum Gasteiger partial charge on any atom is -0.298 e. The molecule has 0 unspecified atom stereocenters.